The van der Waals surface area contributed by atoms with Crippen LogP contribution in [0.3, 0.4) is 0 Å². The Morgan fingerprint density at radius 3 is 2.79 bits per heavy atom. The van der Waals surface area contributed by atoms with Crippen LogP contribution >= 0.6 is 0 Å². The lowest BCUT2D eigenvalue weighted by molar-refractivity contribution is 0.373. The second-order valence-corrected chi connectivity index (χ2v) is 6.91. The van der Waals surface area contributed by atoms with Gasteiger partial charge in [0, 0.05) is 45.0 Å². The zero-order valence-corrected chi connectivity index (χ0v) is 15.0. The van der Waals surface area contributed by atoms with Gasteiger partial charge in [-0.1, -0.05) is 31.9 Å². The van der Waals surface area contributed by atoms with Gasteiger partial charge in [-0.2, -0.15) is 4.98 Å². The number of allylic oxidation sites excluding steroid dienone is 1. The molecule has 0 aliphatic carbocycles. The summed E-state index contributed by atoms with van der Waals surface area (Å²) < 4.78 is 0. The van der Waals surface area contributed by atoms with Crippen LogP contribution in [0.2, 0.25) is 0 Å². The van der Waals surface area contributed by atoms with Crippen LogP contribution in [0.5, 0.6) is 0 Å². The van der Waals surface area contributed by atoms with Crippen molar-refractivity contribution in [2.45, 2.75) is 51.5 Å². The molecule has 1 N–H and O–H groups in total. The first-order valence-corrected chi connectivity index (χ1v) is 9.57. The topological polar surface area (TPSA) is 44.3 Å². The van der Waals surface area contributed by atoms with Crippen LogP contribution in [-0.4, -0.2) is 53.6 Å². The lowest BCUT2D eigenvalue weighted by Gasteiger charge is -2.22. The second-order valence-electron chi connectivity index (χ2n) is 6.91. The van der Waals surface area contributed by atoms with Crippen molar-refractivity contribution >= 4 is 11.8 Å². The Morgan fingerprint density at radius 1 is 1.17 bits per heavy atom. The number of hydrogen-bond donors (Lipinski definition) is 1. The summed E-state index contributed by atoms with van der Waals surface area (Å²) in [6, 6.07) is 2.51. The van der Waals surface area contributed by atoms with Gasteiger partial charge in [0.1, 0.15) is 5.82 Å². The number of likely N-dealkylation sites (tertiary alicyclic amines) is 1. The summed E-state index contributed by atoms with van der Waals surface area (Å²) in [5.41, 5.74) is 0. The number of nitrogens with zero attached hydrogens (tertiary/aromatic N) is 4. The molecule has 2 aliphatic heterocycles. The van der Waals surface area contributed by atoms with E-state index < -0.39 is 0 Å². The first-order chi connectivity index (χ1) is 11.8. The second kappa shape index (κ2) is 9.02. The Morgan fingerprint density at radius 2 is 2.00 bits per heavy atom. The first kappa shape index (κ1) is 17.2. The highest BCUT2D eigenvalue weighted by molar-refractivity contribution is 5.43. The minimum Gasteiger partial charge on any atom is -0.356 e. The van der Waals surface area contributed by atoms with Gasteiger partial charge in [-0.25, -0.2) is 4.98 Å². The monoisotopic (exact) mass is 329 g/mol. The molecule has 1 aromatic heterocycles. The SMILES string of the molecule is CCC=CCN1CCC(Nc2nccc(N3CCCCCC3)n2)C1. The van der Waals surface area contributed by atoms with Gasteiger partial charge in [-0.3, -0.25) is 4.90 Å². The molecule has 5 nitrogen and oxygen atoms in total. The van der Waals surface area contributed by atoms with E-state index >= 15 is 0 Å². The van der Waals surface area contributed by atoms with Gasteiger partial charge in [-0.15, -0.1) is 0 Å². The van der Waals surface area contributed by atoms with E-state index in [2.05, 4.69) is 39.2 Å². The first-order valence-electron chi connectivity index (χ1n) is 9.57. The number of rotatable bonds is 6. The summed E-state index contributed by atoms with van der Waals surface area (Å²) in [5.74, 6) is 1.86. The predicted octanol–water partition coefficient (Wildman–Crippen LogP) is 3.31. The van der Waals surface area contributed by atoms with E-state index in [0.717, 1.165) is 57.3 Å². The number of anilines is 2. The molecule has 2 saturated heterocycles. The van der Waals surface area contributed by atoms with Crippen LogP contribution in [0, 0.1) is 0 Å². The summed E-state index contributed by atoms with van der Waals surface area (Å²) in [4.78, 5) is 14.1. The molecule has 0 aromatic carbocycles. The van der Waals surface area contributed by atoms with Gasteiger partial charge in [0.25, 0.3) is 0 Å². The maximum absolute atomic E-state index is 4.77. The van der Waals surface area contributed by atoms with Gasteiger partial charge in [-0.05, 0) is 31.7 Å². The molecule has 132 valence electrons. The van der Waals surface area contributed by atoms with Crippen LogP contribution in [0.25, 0.3) is 0 Å². The number of hydrogen-bond acceptors (Lipinski definition) is 5. The maximum atomic E-state index is 4.77. The van der Waals surface area contributed by atoms with Gasteiger partial charge in [0.15, 0.2) is 0 Å². The van der Waals surface area contributed by atoms with Crippen molar-refractivity contribution in [3.63, 3.8) is 0 Å². The number of aromatic nitrogens is 2. The highest BCUT2D eigenvalue weighted by Gasteiger charge is 2.22. The third-order valence-electron chi connectivity index (χ3n) is 4.94. The highest BCUT2D eigenvalue weighted by atomic mass is 15.3. The molecule has 0 bridgehead atoms. The standard InChI is InChI=1S/C19H31N5/c1-2-3-6-12-23-15-10-17(16-23)21-19-20-11-9-18(22-19)24-13-7-4-5-8-14-24/h3,6,9,11,17H,2,4-5,7-8,10,12-16H2,1H3,(H,20,21,22). The summed E-state index contributed by atoms with van der Waals surface area (Å²) in [7, 11) is 0. The van der Waals surface area contributed by atoms with Gasteiger partial charge in [0.2, 0.25) is 5.95 Å². The summed E-state index contributed by atoms with van der Waals surface area (Å²) >= 11 is 0. The van der Waals surface area contributed by atoms with Gasteiger partial charge >= 0.3 is 0 Å². The molecule has 0 saturated carbocycles. The molecule has 0 radical (unpaired) electrons. The lowest BCUT2D eigenvalue weighted by Crippen LogP contribution is -2.28. The third kappa shape index (κ3) is 4.94. The van der Waals surface area contributed by atoms with Crippen LogP contribution in [0.1, 0.15) is 45.4 Å². The Hall–Kier alpha value is -1.62. The maximum Gasteiger partial charge on any atom is 0.224 e. The minimum absolute atomic E-state index is 0.458. The average Bonchev–Trinajstić information content (AvgIpc) is 2.87. The number of nitrogens with one attached hydrogen (secondary N) is 1. The van der Waals surface area contributed by atoms with E-state index in [1.165, 1.54) is 25.7 Å². The molecule has 1 aromatic rings. The Kier molecular flexibility index (Phi) is 6.47. The van der Waals surface area contributed by atoms with Gasteiger partial charge in [0.05, 0.1) is 0 Å². The van der Waals surface area contributed by atoms with Crippen LogP contribution in [-0.2, 0) is 0 Å². The van der Waals surface area contributed by atoms with Crippen LogP contribution in [0.4, 0.5) is 11.8 Å². The molecular formula is C19H31N5. The molecular weight excluding hydrogens is 298 g/mol. The zero-order chi connectivity index (χ0) is 16.6. The van der Waals surface area contributed by atoms with E-state index in [4.69, 9.17) is 4.98 Å². The molecule has 2 fully saturated rings. The summed E-state index contributed by atoms with van der Waals surface area (Å²) in [6.45, 7) is 7.71. The predicted molar refractivity (Wildman–Crippen MR) is 101 cm³/mol. The fraction of sp³-hybridized carbons (Fsp3) is 0.684. The fourth-order valence-corrected chi connectivity index (χ4v) is 3.58. The normalized spacial score (nSPS) is 22.9. The van der Waals surface area contributed by atoms with Crippen molar-refractivity contribution in [2.24, 2.45) is 0 Å². The van der Waals surface area contributed by atoms with Crippen molar-refractivity contribution in [1.82, 2.24) is 14.9 Å². The molecule has 5 heteroatoms. The molecule has 1 unspecified atom stereocenters. The molecule has 1 atom stereocenters. The van der Waals surface area contributed by atoms with Crippen molar-refractivity contribution in [3.8, 4) is 0 Å². The molecule has 24 heavy (non-hydrogen) atoms. The average molecular weight is 329 g/mol. The Balaban J connectivity index is 1.54. The summed E-state index contributed by atoms with van der Waals surface area (Å²) in [5, 5.41) is 3.54. The lowest BCUT2D eigenvalue weighted by atomic mass is 10.2. The minimum atomic E-state index is 0.458. The van der Waals surface area contributed by atoms with E-state index in [1.54, 1.807) is 0 Å². The van der Waals surface area contributed by atoms with Crippen molar-refractivity contribution < 1.29 is 0 Å². The van der Waals surface area contributed by atoms with Crippen LogP contribution in [0.15, 0.2) is 24.4 Å². The Labute approximate surface area is 146 Å². The fourth-order valence-electron chi connectivity index (χ4n) is 3.58. The third-order valence-corrected chi connectivity index (χ3v) is 4.94. The quantitative estimate of drug-likeness (QED) is 0.811. The molecule has 0 spiro atoms. The van der Waals surface area contributed by atoms with E-state index in [9.17, 15) is 0 Å². The van der Waals surface area contributed by atoms with Crippen molar-refractivity contribution in [2.75, 3.05) is 42.9 Å². The molecule has 3 rings (SSSR count). The molecule has 3 heterocycles. The molecule has 0 amide bonds. The zero-order valence-electron chi connectivity index (χ0n) is 15.0. The van der Waals surface area contributed by atoms with E-state index in [0.29, 0.717) is 6.04 Å². The smallest absolute Gasteiger partial charge is 0.224 e. The Bertz CT molecular complexity index is 522. The largest absolute Gasteiger partial charge is 0.356 e. The van der Waals surface area contributed by atoms with E-state index in [1.807, 2.05) is 12.3 Å². The summed E-state index contributed by atoms with van der Waals surface area (Å²) in [6.07, 6.45) is 13.9. The van der Waals surface area contributed by atoms with Crippen molar-refractivity contribution in [1.29, 1.82) is 0 Å². The molecule has 2 aliphatic rings. The van der Waals surface area contributed by atoms with Crippen molar-refractivity contribution in [3.05, 3.63) is 24.4 Å². The van der Waals surface area contributed by atoms with E-state index in [-0.39, 0.29) is 0 Å². The van der Waals surface area contributed by atoms with Gasteiger partial charge < -0.3 is 10.2 Å². The van der Waals surface area contributed by atoms with Crippen LogP contribution < -0.4 is 10.2 Å². The highest BCUT2D eigenvalue weighted by Crippen LogP contribution is 2.19.